The van der Waals surface area contributed by atoms with Gasteiger partial charge in [0.05, 0.1) is 5.02 Å². The molecule has 122 valence electrons. The summed E-state index contributed by atoms with van der Waals surface area (Å²) in [6.07, 6.45) is 0. The Morgan fingerprint density at radius 3 is 2.54 bits per heavy atom. The molecule has 0 aliphatic carbocycles. The Bertz CT molecular complexity index is 975. The molecule has 1 heterocycles. The molecule has 2 aromatic carbocycles. The van der Waals surface area contributed by atoms with Crippen LogP contribution in [-0.4, -0.2) is 12.4 Å². The van der Waals surface area contributed by atoms with Crippen LogP contribution in [0.2, 0.25) is 10.0 Å². The minimum absolute atomic E-state index is 0.192. The van der Waals surface area contributed by atoms with Gasteiger partial charge in [0.1, 0.15) is 11.3 Å². The molecule has 0 saturated heterocycles. The zero-order valence-electron chi connectivity index (χ0n) is 12.6. The number of hydrogen-bond acceptors (Lipinski definition) is 4. The van der Waals surface area contributed by atoms with Gasteiger partial charge in [-0.25, -0.2) is 4.79 Å². The smallest absolute Gasteiger partial charge is 0.336 e. The maximum atomic E-state index is 12.1. The van der Waals surface area contributed by atoms with Gasteiger partial charge in [0.15, 0.2) is 12.4 Å². The predicted molar refractivity (Wildman–Crippen MR) is 93.5 cm³/mol. The normalized spacial score (nSPS) is 10.8. The quantitative estimate of drug-likeness (QED) is 0.499. The van der Waals surface area contributed by atoms with Gasteiger partial charge >= 0.3 is 5.63 Å². The van der Waals surface area contributed by atoms with Crippen molar-refractivity contribution in [3.8, 4) is 5.75 Å². The summed E-state index contributed by atoms with van der Waals surface area (Å²) in [6.45, 7) is 1.60. The minimum Gasteiger partial charge on any atom is -0.484 e. The maximum absolute atomic E-state index is 12.1. The van der Waals surface area contributed by atoms with Crippen LogP contribution in [0.5, 0.6) is 5.75 Å². The van der Waals surface area contributed by atoms with Crippen molar-refractivity contribution in [2.24, 2.45) is 0 Å². The molecule has 0 N–H and O–H groups in total. The molecule has 0 aliphatic rings. The van der Waals surface area contributed by atoms with Crippen LogP contribution in [0, 0.1) is 6.92 Å². The van der Waals surface area contributed by atoms with Crippen molar-refractivity contribution in [2.45, 2.75) is 6.92 Å². The second kappa shape index (κ2) is 6.67. The topological polar surface area (TPSA) is 56.5 Å². The average molecular weight is 363 g/mol. The summed E-state index contributed by atoms with van der Waals surface area (Å²) < 4.78 is 10.6. The lowest BCUT2D eigenvalue weighted by Crippen LogP contribution is -2.11. The SMILES string of the molecule is Cc1cc(=O)oc2cc(OCC(=O)c3ccc(Cl)cc3)c(Cl)cc12. The second-order valence-corrected chi connectivity index (χ2v) is 6.09. The Hall–Kier alpha value is -2.30. The number of Topliss-reactive ketones (excluding diaryl/α,β-unsaturated/α-hetero) is 1. The van der Waals surface area contributed by atoms with E-state index in [-0.39, 0.29) is 18.1 Å². The van der Waals surface area contributed by atoms with Crippen molar-refractivity contribution in [2.75, 3.05) is 6.61 Å². The molecule has 0 radical (unpaired) electrons. The van der Waals surface area contributed by atoms with E-state index in [0.717, 1.165) is 10.9 Å². The second-order valence-electron chi connectivity index (χ2n) is 5.25. The van der Waals surface area contributed by atoms with Gasteiger partial charge in [-0.1, -0.05) is 23.2 Å². The van der Waals surface area contributed by atoms with Crippen LogP contribution >= 0.6 is 23.2 Å². The zero-order valence-corrected chi connectivity index (χ0v) is 14.1. The molecule has 0 aliphatic heterocycles. The van der Waals surface area contributed by atoms with E-state index in [2.05, 4.69) is 0 Å². The van der Waals surface area contributed by atoms with Crippen molar-refractivity contribution < 1.29 is 13.9 Å². The molecule has 0 fully saturated rings. The third-order valence-electron chi connectivity index (χ3n) is 3.53. The number of ketones is 1. The van der Waals surface area contributed by atoms with Gasteiger partial charge in [-0.3, -0.25) is 4.79 Å². The Balaban J connectivity index is 1.84. The first kappa shape index (κ1) is 16.6. The monoisotopic (exact) mass is 362 g/mol. The van der Waals surface area contributed by atoms with E-state index in [4.69, 9.17) is 32.4 Å². The van der Waals surface area contributed by atoms with Crippen molar-refractivity contribution in [1.82, 2.24) is 0 Å². The lowest BCUT2D eigenvalue weighted by Gasteiger charge is -2.09. The molecule has 0 unspecified atom stereocenters. The van der Waals surface area contributed by atoms with E-state index in [9.17, 15) is 9.59 Å². The highest BCUT2D eigenvalue weighted by atomic mass is 35.5. The summed E-state index contributed by atoms with van der Waals surface area (Å²) in [6, 6.07) is 11.1. The molecule has 3 rings (SSSR count). The number of hydrogen-bond donors (Lipinski definition) is 0. The first-order valence-electron chi connectivity index (χ1n) is 7.09. The van der Waals surface area contributed by atoms with Crippen molar-refractivity contribution in [1.29, 1.82) is 0 Å². The van der Waals surface area contributed by atoms with Gasteiger partial charge in [0.25, 0.3) is 0 Å². The van der Waals surface area contributed by atoms with Crippen LogP contribution in [0.4, 0.5) is 0 Å². The third-order valence-corrected chi connectivity index (χ3v) is 4.08. The fraction of sp³-hybridized carbons (Fsp3) is 0.111. The molecule has 24 heavy (non-hydrogen) atoms. The standard InChI is InChI=1S/C18H12Cl2O4/c1-10-6-18(22)24-16-8-17(14(20)7-13(10)16)23-9-15(21)11-2-4-12(19)5-3-11/h2-8H,9H2,1H3. The van der Waals surface area contributed by atoms with E-state index in [1.54, 1.807) is 37.3 Å². The van der Waals surface area contributed by atoms with Gasteiger partial charge in [-0.05, 0) is 42.8 Å². The van der Waals surface area contributed by atoms with Crippen LogP contribution in [0.15, 0.2) is 51.7 Å². The fourth-order valence-corrected chi connectivity index (χ4v) is 2.64. The van der Waals surface area contributed by atoms with E-state index < -0.39 is 5.63 Å². The zero-order chi connectivity index (χ0) is 17.3. The van der Waals surface area contributed by atoms with Crippen LogP contribution < -0.4 is 10.4 Å². The number of carbonyl (C=O) groups excluding carboxylic acids is 1. The molecule has 4 nitrogen and oxygen atoms in total. The van der Waals surface area contributed by atoms with Crippen molar-refractivity contribution in [3.63, 3.8) is 0 Å². The molecular formula is C18H12Cl2O4. The summed E-state index contributed by atoms with van der Waals surface area (Å²) in [4.78, 5) is 23.6. The number of rotatable bonds is 4. The molecule has 0 bridgehead atoms. The maximum Gasteiger partial charge on any atom is 0.336 e. The van der Waals surface area contributed by atoms with Gasteiger partial charge in [-0.15, -0.1) is 0 Å². The van der Waals surface area contributed by atoms with Crippen molar-refractivity contribution in [3.05, 3.63) is 74.1 Å². The number of carbonyl (C=O) groups is 1. The van der Waals surface area contributed by atoms with Crippen molar-refractivity contribution >= 4 is 40.0 Å². The number of fused-ring (bicyclic) bond motifs is 1. The molecule has 3 aromatic rings. The Kier molecular flexibility index (Phi) is 4.60. The molecule has 0 spiro atoms. The number of benzene rings is 2. The van der Waals surface area contributed by atoms with Crippen LogP contribution in [0.1, 0.15) is 15.9 Å². The van der Waals surface area contributed by atoms with Crippen LogP contribution in [0.3, 0.4) is 0 Å². The van der Waals surface area contributed by atoms with Gasteiger partial charge in [-0.2, -0.15) is 0 Å². The summed E-state index contributed by atoms with van der Waals surface area (Å²) in [5.41, 5.74) is 1.15. The molecule has 0 amide bonds. The molecule has 0 atom stereocenters. The van der Waals surface area contributed by atoms with E-state index >= 15 is 0 Å². The van der Waals surface area contributed by atoms with E-state index in [0.29, 0.717) is 21.2 Å². The van der Waals surface area contributed by atoms with Gasteiger partial charge < -0.3 is 9.15 Å². The third kappa shape index (κ3) is 3.45. The van der Waals surface area contributed by atoms with E-state index in [1.165, 1.54) is 12.1 Å². The highest BCUT2D eigenvalue weighted by Crippen LogP contribution is 2.31. The summed E-state index contributed by atoms with van der Waals surface area (Å²) in [5.74, 6) is 0.0637. The Labute approximate surface area is 147 Å². The first-order valence-corrected chi connectivity index (χ1v) is 7.85. The average Bonchev–Trinajstić information content (AvgIpc) is 2.54. The number of halogens is 2. The number of aryl methyl sites for hydroxylation is 1. The van der Waals surface area contributed by atoms with Gasteiger partial charge in [0, 0.05) is 28.1 Å². The molecule has 0 saturated carbocycles. The van der Waals surface area contributed by atoms with E-state index in [1.807, 2.05) is 0 Å². The number of ether oxygens (including phenoxy) is 1. The summed E-state index contributed by atoms with van der Waals surface area (Å²) in [7, 11) is 0. The highest BCUT2D eigenvalue weighted by Gasteiger charge is 2.12. The Morgan fingerprint density at radius 2 is 1.83 bits per heavy atom. The first-order chi connectivity index (χ1) is 11.4. The summed E-state index contributed by atoms with van der Waals surface area (Å²) in [5, 5.41) is 1.61. The Morgan fingerprint density at radius 1 is 1.12 bits per heavy atom. The highest BCUT2D eigenvalue weighted by molar-refractivity contribution is 6.33. The summed E-state index contributed by atoms with van der Waals surface area (Å²) >= 11 is 12.0. The predicted octanol–water partition coefficient (Wildman–Crippen LogP) is 4.67. The molecule has 1 aromatic heterocycles. The van der Waals surface area contributed by atoms with Crippen LogP contribution in [-0.2, 0) is 0 Å². The lowest BCUT2D eigenvalue weighted by atomic mass is 10.1. The largest absolute Gasteiger partial charge is 0.484 e. The lowest BCUT2D eigenvalue weighted by molar-refractivity contribution is 0.0921. The van der Waals surface area contributed by atoms with Crippen LogP contribution in [0.25, 0.3) is 11.0 Å². The molecule has 6 heteroatoms. The minimum atomic E-state index is -0.453. The molecular weight excluding hydrogens is 351 g/mol. The van der Waals surface area contributed by atoms with Gasteiger partial charge in [0.2, 0.25) is 0 Å². The fourth-order valence-electron chi connectivity index (χ4n) is 2.29.